The van der Waals surface area contributed by atoms with Crippen molar-refractivity contribution < 1.29 is 9.15 Å². The number of thiophene rings is 1. The van der Waals surface area contributed by atoms with Crippen LogP contribution in [0.1, 0.15) is 29.3 Å². The van der Waals surface area contributed by atoms with E-state index in [9.17, 15) is 0 Å². The summed E-state index contributed by atoms with van der Waals surface area (Å²) in [7, 11) is 0. The fourth-order valence-electron chi connectivity index (χ4n) is 2.15. The maximum absolute atomic E-state index is 9.11. The molecule has 0 radical (unpaired) electrons. The van der Waals surface area contributed by atoms with Crippen LogP contribution in [0.3, 0.4) is 0 Å². The minimum Gasteiger partial charge on any atom is -0.420 e. The second-order valence-corrected chi connectivity index (χ2v) is 5.69. The number of nitrogens with zero attached hydrogens (tertiary/aromatic N) is 2. The van der Waals surface area contributed by atoms with Crippen molar-refractivity contribution in [2.24, 2.45) is 0 Å². The van der Waals surface area contributed by atoms with Crippen LogP contribution in [0.2, 0.25) is 0 Å². The number of nitrogens with one attached hydrogen (secondary N) is 1. The van der Waals surface area contributed by atoms with Crippen molar-refractivity contribution in [3.05, 3.63) is 34.0 Å². The van der Waals surface area contributed by atoms with Crippen molar-refractivity contribution in [3.63, 3.8) is 0 Å². The number of nitriles is 1. The van der Waals surface area contributed by atoms with E-state index >= 15 is 0 Å². The molecule has 6 heteroatoms. The van der Waals surface area contributed by atoms with Gasteiger partial charge in [-0.05, 0) is 30.4 Å². The summed E-state index contributed by atoms with van der Waals surface area (Å²) in [6.07, 6.45) is 5.99. The number of ether oxygens (including phenoxy) is 1. The molecule has 3 heterocycles. The summed E-state index contributed by atoms with van der Waals surface area (Å²) in [5.41, 5.74) is 0.277. The van der Waals surface area contributed by atoms with Gasteiger partial charge in [-0.3, -0.25) is 0 Å². The first-order chi connectivity index (χ1) is 10.3. The highest BCUT2D eigenvalue weighted by atomic mass is 32.1. The molecule has 21 heavy (non-hydrogen) atoms. The van der Waals surface area contributed by atoms with Crippen molar-refractivity contribution in [3.8, 4) is 6.07 Å². The predicted molar refractivity (Wildman–Crippen MR) is 81.9 cm³/mol. The molecule has 0 aromatic carbocycles. The molecule has 1 saturated heterocycles. The first-order valence-corrected chi connectivity index (χ1v) is 7.71. The van der Waals surface area contributed by atoms with Crippen LogP contribution in [0, 0.1) is 11.3 Å². The number of oxazole rings is 1. The molecule has 0 bridgehead atoms. The van der Waals surface area contributed by atoms with E-state index in [2.05, 4.69) is 10.3 Å². The van der Waals surface area contributed by atoms with Gasteiger partial charge >= 0.3 is 0 Å². The zero-order valence-corrected chi connectivity index (χ0v) is 12.2. The standard InChI is InChI=1S/C15H15N3O2S/c16-9-13-15(17-10-11-3-1-7-19-11)20-14(18-13)6-5-12-4-2-8-21-12/h2,4-6,8,11,17H,1,3,7,10H2/b6-5+. The predicted octanol–water partition coefficient (Wildman–Crippen LogP) is 3.37. The van der Waals surface area contributed by atoms with Crippen LogP contribution in [0.25, 0.3) is 12.2 Å². The zero-order valence-electron chi connectivity index (χ0n) is 11.4. The minimum atomic E-state index is 0.187. The van der Waals surface area contributed by atoms with Crippen molar-refractivity contribution in [2.45, 2.75) is 18.9 Å². The number of hydrogen-bond donors (Lipinski definition) is 1. The first-order valence-electron chi connectivity index (χ1n) is 6.83. The Balaban J connectivity index is 1.67. The Labute approximate surface area is 126 Å². The van der Waals surface area contributed by atoms with E-state index in [1.165, 1.54) is 0 Å². The van der Waals surface area contributed by atoms with E-state index in [0.717, 1.165) is 24.3 Å². The fourth-order valence-corrected chi connectivity index (χ4v) is 2.77. The molecule has 0 amide bonds. The average molecular weight is 301 g/mol. The summed E-state index contributed by atoms with van der Waals surface area (Å²) < 4.78 is 11.1. The Kier molecular flexibility index (Phi) is 4.34. The molecule has 1 aliphatic heterocycles. The molecule has 1 aliphatic rings. The van der Waals surface area contributed by atoms with Crippen molar-refractivity contribution >= 4 is 29.4 Å². The van der Waals surface area contributed by atoms with E-state index in [1.54, 1.807) is 17.4 Å². The van der Waals surface area contributed by atoms with Crippen LogP contribution < -0.4 is 5.32 Å². The van der Waals surface area contributed by atoms with Crippen molar-refractivity contribution in [1.29, 1.82) is 5.26 Å². The highest BCUT2D eigenvalue weighted by Gasteiger charge is 2.17. The maximum Gasteiger partial charge on any atom is 0.232 e. The van der Waals surface area contributed by atoms with Gasteiger partial charge in [0.25, 0.3) is 0 Å². The zero-order chi connectivity index (χ0) is 14.5. The number of anilines is 1. The first kappa shape index (κ1) is 13.9. The fraction of sp³-hybridized carbons (Fsp3) is 0.333. The molecule has 108 valence electrons. The monoisotopic (exact) mass is 301 g/mol. The molecule has 2 aromatic heterocycles. The van der Waals surface area contributed by atoms with Crippen LogP contribution in [0.15, 0.2) is 21.9 Å². The molecule has 0 aliphatic carbocycles. The SMILES string of the molecule is N#Cc1nc(/C=C/c2cccs2)oc1NCC1CCCO1. The van der Waals surface area contributed by atoms with Crippen LogP contribution in [-0.4, -0.2) is 24.2 Å². The highest BCUT2D eigenvalue weighted by Crippen LogP contribution is 2.20. The Morgan fingerprint density at radius 2 is 2.48 bits per heavy atom. The van der Waals surface area contributed by atoms with Gasteiger partial charge in [-0.1, -0.05) is 6.07 Å². The molecular formula is C15H15N3O2S. The number of rotatable bonds is 5. The molecule has 5 nitrogen and oxygen atoms in total. The molecule has 1 atom stereocenters. The lowest BCUT2D eigenvalue weighted by Gasteiger charge is -2.09. The number of hydrogen-bond acceptors (Lipinski definition) is 6. The lowest BCUT2D eigenvalue weighted by atomic mass is 10.2. The Hall–Kier alpha value is -2.10. The maximum atomic E-state index is 9.11. The summed E-state index contributed by atoms with van der Waals surface area (Å²) in [6.45, 7) is 1.45. The third-order valence-electron chi connectivity index (χ3n) is 3.20. The van der Waals surface area contributed by atoms with Gasteiger partial charge in [0.15, 0.2) is 0 Å². The molecule has 1 unspecified atom stereocenters. The molecule has 1 N–H and O–H groups in total. The third kappa shape index (κ3) is 3.51. The Morgan fingerprint density at radius 1 is 1.52 bits per heavy atom. The van der Waals surface area contributed by atoms with Gasteiger partial charge in [0.2, 0.25) is 17.5 Å². The van der Waals surface area contributed by atoms with Crippen LogP contribution in [0.5, 0.6) is 0 Å². The molecule has 1 fully saturated rings. The summed E-state index contributed by atoms with van der Waals surface area (Å²) in [5.74, 6) is 0.841. The molecule has 2 aromatic rings. The summed E-state index contributed by atoms with van der Waals surface area (Å²) >= 11 is 1.63. The largest absolute Gasteiger partial charge is 0.420 e. The highest BCUT2D eigenvalue weighted by molar-refractivity contribution is 7.10. The lowest BCUT2D eigenvalue weighted by Crippen LogP contribution is -2.18. The summed E-state index contributed by atoms with van der Waals surface area (Å²) in [6, 6.07) is 6.03. The molecule has 0 saturated carbocycles. The van der Waals surface area contributed by atoms with Gasteiger partial charge in [-0.2, -0.15) is 10.2 Å². The van der Waals surface area contributed by atoms with Gasteiger partial charge < -0.3 is 14.5 Å². The van der Waals surface area contributed by atoms with E-state index in [1.807, 2.05) is 29.7 Å². The second-order valence-electron chi connectivity index (χ2n) is 4.71. The lowest BCUT2D eigenvalue weighted by molar-refractivity contribution is 0.120. The number of aromatic nitrogens is 1. The van der Waals surface area contributed by atoms with Crippen LogP contribution >= 0.6 is 11.3 Å². The smallest absolute Gasteiger partial charge is 0.232 e. The van der Waals surface area contributed by atoms with Crippen molar-refractivity contribution in [1.82, 2.24) is 4.98 Å². The van der Waals surface area contributed by atoms with Gasteiger partial charge in [-0.15, -0.1) is 11.3 Å². The normalized spacial score (nSPS) is 18.1. The van der Waals surface area contributed by atoms with E-state index in [0.29, 0.717) is 18.3 Å². The van der Waals surface area contributed by atoms with Gasteiger partial charge in [0.05, 0.1) is 6.10 Å². The van der Waals surface area contributed by atoms with E-state index in [4.69, 9.17) is 14.4 Å². The molecular weight excluding hydrogens is 286 g/mol. The van der Waals surface area contributed by atoms with Crippen LogP contribution in [0.4, 0.5) is 5.88 Å². The van der Waals surface area contributed by atoms with Crippen molar-refractivity contribution in [2.75, 3.05) is 18.5 Å². The van der Waals surface area contributed by atoms with Gasteiger partial charge in [-0.25, -0.2) is 0 Å². The Morgan fingerprint density at radius 3 is 3.19 bits per heavy atom. The topological polar surface area (TPSA) is 71.1 Å². The average Bonchev–Trinajstić information content (AvgIpc) is 3.23. The summed E-state index contributed by atoms with van der Waals surface area (Å²) in [5, 5.41) is 14.2. The van der Waals surface area contributed by atoms with Crippen LogP contribution in [-0.2, 0) is 4.74 Å². The molecule has 0 spiro atoms. The van der Waals surface area contributed by atoms with E-state index < -0.39 is 0 Å². The third-order valence-corrected chi connectivity index (χ3v) is 4.03. The van der Waals surface area contributed by atoms with Gasteiger partial charge in [0, 0.05) is 24.1 Å². The summed E-state index contributed by atoms with van der Waals surface area (Å²) in [4.78, 5) is 5.27. The minimum absolute atomic E-state index is 0.187. The second kappa shape index (κ2) is 6.57. The quantitative estimate of drug-likeness (QED) is 0.916. The molecule has 3 rings (SSSR count). The Bertz CT molecular complexity index is 649. The van der Waals surface area contributed by atoms with Gasteiger partial charge in [0.1, 0.15) is 6.07 Å². The van der Waals surface area contributed by atoms with E-state index in [-0.39, 0.29) is 11.8 Å².